The van der Waals surface area contributed by atoms with Crippen LogP contribution in [0.15, 0.2) is 24.3 Å². The third-order valence-corrected chi connectivity index (χ3v) is 2.46. The van der Waals surface area contributed by atoms with Crippen LogP contribution < -0.4 is 10.1 Å². The topological polar surface area (TPSA) is 35.1 Å². The first kappa shape index (κ1) is 13.0. The highest BCUT2D eigenvalue weighted by Crippen LogP contribution is 2.15. The monoisotopic (exact) mass is 224 g/mol. The maximum Gasteiger partial charge on any atom is 0.127 e. The molecule has 0 unspecified atom stereocenters. The van der Waals surface area contributed by atoms with Crippen molar-refractivity contribution in [2.45, 2.75) is 19.9 Å². The van der Waals surface area contributed by atoms with Gasteiger partial charge in [0.15, 0.2) is 0 Å². The van der Waals surface area contributed by atoms with Crippen molar-refractivity contribution in [3.63, 3.8) is 0 Å². The molecule has 0 bridgehead atoms. The van der Waals surface area contributed by atoms with Gasteiger partial charge in [-0.1, -0.05) is 12.1 Å². The smallest absolute Gasteiger partial charge is 0.127 e. The van der Waals surface area contributed by atoms with Gasteiger partial charge >= 0.3 is 0 Å². The highest BCUT2D eigenvalue weighted by Gasteiger charge is 2.02. The predicted octanol–water partition coefficient (Wildman–Crippen LogP) is 1.19. The first-order valence-electron chi connectivity index (χ1n) is 5.89. The second-order valence-corrected chi connectivity index (χ2v) is 3.64. The molecule has 0 aromatic heterocycles. The van der Waals surface area contributed by atoms with Crippen LogP contribution in [0.1, 0.15) is 18.9 Å². The minimum atomic E-state index is 0.812. The Bertz CT molecular complexity index is 289. The van der Waals surface area contributed by atoms with E-state index in [9.17, 15) is 0 Å². The van der Waals surface area contributed by atoms with E-state index in [1.54, 1.807) is 7.11 Å². The van der Waals surface area contributed by atoms with Crippen molar-refractivity contribution >= 4 is 0 Å². The Labute approximate surface area is 97.8 Å². The number of para-hydroxylation sites is 1. The quantitative estimate of drug-likeness (QED) is 0.673. The summed E-state index contributed by atoms with van der Waals surface area (Å²) in [5, 5.41) is 2.29. The number of hydrogen-bond donors (Lipinski definition) is 1. The zero-order valence-electron chi connectivity index (χ0n) is 10.2. The van der Waals surface area contributed by atoms with E-state index in [0.29, 0.717) is 0 Å². The fourth-order valence-electron chi connectivity index (χ4n) is 1.60. The number of ether oxygens (including phenoxy) is 2. The van der Waals surface area contributed by atoms with Gasteiger partial charge in [-0.2, -0.15) is 0 Å². The normalized spacial score (nSPS) is 10.4. The molecule has 0 radical (unpaired) electrons. The molecule has 0 saturated carbocycles. The summed E-state index contributed by atoms with van der Waals surface area (Å²) in [6, 6.07) is 8.16. The van der Waals surface area contributed by atoms with Crippen molar-refractivity contribution in [1.82, 2.24) is 0 Å². The van der Waals surface area contributed by atoms with Gasteiger partial charge in [0.1, 0.15) is 12.3 Å². The standard InChI is InChI=1S/C13H21NO2/c1-3-16-10-6-9-14-11-12-7-4-5-8-13(12)15-2/h4-5,7-8,14H,3,6,9-11H2,1-2H3/p+1. The Kier molecular flexibility index (Phi) is 6.61. The zero-order chi connectivity index (χ0) is 11.6. The van der Waals surface area contributed by atoms with Gasteiger partial charge in [-0.3, -0.25) is 0 Å². The lowest BCUT2D eigenvalue weighted by atomic mass is 10.2. The van der Waals surface area contributed by atoms with Crippen LogP contribution in [-0.4, -0.2) is 26.9 Å². The summed E-state index contributed by atoms with van der Waals surface area (Å²) in [5.41, 5.74) is 1.25. The first-order chi connectivity index (χ1) is 7.88. The number of rotatable bonds is 8. The van der Waals surface area contributed by atoms with Gasteiger partial charge in [-0.25, -0.2) is 0 Å². The van der Waals surface area contributed by atoms with E-state index >= 15 is 0 Å². The molecule has 0 aliphatic heterocycles. The highest BCUT2D eigenvalue weighted by molar-refractivity contribution is 5.32. The summed E-state index contributed by atoms with van der Waals surface area (Å²) < 4.78 is 10.6. The van der Waals surface area contributed by atoms with Crippen molar-refractivity contribution in [3.05, 3.63) is 29.8 Å². The lowest BCUT2D eigenvalue weighted by Gasteiger charge is -2.07. The molecule has 0 amide bonds. The SMILES string of the molecule is CCOCCC[NH2+]Cc1ccccc1OC. The summed E-state index contributed by atoms with van der Waals surface area (Å²) in [6.07, 6.45) is 1.10. The van der Waals surface area contributed by atoms with Crippen molar-refractivity contribution < 1.29 is 14.8 Å². The van der Waals surface area contributed by atoms with Gasteiger partial charge in [-0.05, 0) is 19.1 Å². The number of benzene rings is 1. The van der Waals surface area contributed by atoms with E-state index in [1.165, 1.54) is 5.56 Å². The molecular formula is C13H22NO2+. The minimum absolute atomic E-state index is 0.812. The number of methoxy groups -OCH3 is 1. The van der Waals surface area contributed by atoms with E-state index in [-0.39, 0.29) is 0 Å². The molecule has 0 aliphatic carbocycles. The molecule has 3 nitrogen and oxygen atoms in total. The van der Waals surface area contributed by atoms with Crippen LogP contribution >= 0.6 is 0 Å². The molecule has 0 spiro atoms. The molecule has 90 valence electrons. The Morgan fingerprint density at radius 2 is 2.06 bits per heavy atom. The van der Waals surface area contributed by atoms with Gasteiger partial charge in [0.05, 0.1) is 20.3 Å². The maximum atomic E-state index is 5.30. The van der Waals surface area contributed by atoms with E-state index in [1.807, 2.05) is 25.1 Å². The third kappa shape index (κ3) is 4.64. The largest absolute Gasteiger partial charge is 0.496 e. The van der Waals surface area contributed by atoms with Gasteiger partial charge in [0.2, 0.25) is 0 Å². The number of hydrogen-bond acceptors (Lipinski definition) is 2. The minimum Gasteiger partial charge on any atom is -0.496 e. The summed E-state index contributed by atoms with van der Waals surface area (Å²) in [6.45, 7) is 5.76. The maximum absolute atomic E-state index is 5.30. The average Bonchev–Trinajstić information content (AvgIpc) is 2.34. The van der Waals surface area contributed by atoms with Gasteiger partial charge in [0, 0.05) is 18.6 Å². The van der Waals surface area contributed by atoms with E-state index in [4.69, 9.17) is 9.47 Å². The summed E-state index contributed by atoms with van der Waals surface area (Å²) in [7, 11) is 1.72. The molecule has 16 heavy (non-hydrogen) atoms. The molecule has 0 heterocycles. The van der Waals surface area contributed by atoms with E-state index in [2.05, 4.69) is 11.4 Å². The van der Waals surface area contributed by atoms with Crippen molar-refractivity contribution in [1.29, 1.82) is 0 Å². The van der Waals surface area contributed by atoms with Crippen LogP contribution in [0.5, 0.6) is 5.75 Å². The van der Waals surface area contributed by atoms with Crippen LogP contribution in [-0.2, 0) is 11.3 Å². The Morgan fingerprint density at radius 3 is 2.81 bits per heavy atom. The highest BCUT2D eigenvalue weighted by atomic mass is 16.5. The molecule has 1 aromatic carbocycles. The molecule has 0 saturated heterocycles. The van der Waals surface area contributed by atoms with Crippen LogP contribution in [0.3, 0.4) is 0 Å². The molecule has 0 atom stereocenters. The molecule has 2 N–H and O–H groups in total. The first-order valence-corrected chi connectivity index (χ1v) is 5.89. The number of quaternary nitrogens is 1. The molecule has 3 heteroatoms. The second-order valence-electron chi connectivity index (χ2n) is 3.64. The van der Waals surface area contributed by atoms with Crippen molar-refractivity contribution in [2.24, 2.45) is 0 Å². The van der Waals surface area contributed by atoms with Gasteiger partial charge in [0.25, 0.3) is 0 Å². The lowest BCUT2D eigenvalue weighted by molar-refractivity contribution is -0.671. The summed E-state index contributed by atoms with van der Waals surface area (Å²) in [5.74, 6) is 0.976. The third-order valence-electron chi connectivity index (χ3n) is 2.46. The van der Waals surface area contributed by atoms with Gasteiger partial charge in [-0.15, -0.1) is 0 Å². The molecule has 0 fully saturated rings. The van der Waals surface area contributed by atoms with E-state index < -0.39 is 0 Å². The van der Waals surface area contributed by atoms with E-state index in [0.717, 1.165) is 38.5 Å². The van der Waals surface area contributed by atoms with Crippen LogP contribution in [0, 0.1) is 0 Å². The summed E-state index contributed by atoms with van der Waals surface area (Å²) >= 11 is 0. The fourth-order valence-corrected chi connectivity index (χ4v) is 1.60. The lowest BCUT2D eigenvalue weighted by Crippen LogP contribution is -2.82. The van der Waals surface area contributed by atoms with Crippen LogP contribution in [0.4, 0.5) is 0 Å². The zero-order valence-corrected chi connectivity index (χ0v) is 10.2. The Balaban J connectivity index is 2.21. The summed E-state index contributed by atoms with van der Waals surface area (Å²) in [4.78, 5) is 0. The Hall–Kier alpha value is -1.06. The fraction of sp³-hybridized carbons (Fsp3) is 0.538. The van der Waals surface area contributed by atoms with Crippen molar-refractivity contribution in [2.75, 3.05) is 26.9 Å². The predicted molar refractivity (Wildman–Crippen MR) is 64.6 cm³/mol. The molecule has 1 rings (SSSR count). The van der Waals surface area contributed by atoms with Crippen LogP contribution in [0.25, 0.3) is 0 Å². The van der Waals surface area contributed by atoms with Gasteiger partial charge < -0.3 is 14.8 Å². The van der Waals surface area contributed by atoms with Crippen LogP contribution in [0.2, 0.25) is 0 Å². The van der Waals surface area contributed by atoms with Crippen molar-refractivity contribution in [3.8, 4) is 5.75 Å². The average molecular weight is 224 g/mol. The second kappa shape index (κ2) is 8.13. The Morgan fingerprint density at radius 1 is 1.25 bits per heavy atom. The molecule has 1 aromatic rings. The molecular weight excluding hydrogens is 202 g/mol. The number of nitrogens with two attached hydrogens (primary N) is 1. The molecule has 0 aliphatic rings.